The molecule has 0 fully saturated rings. The van der Waals surface area contributed by atoms with Crippen LogP contribution >= 0.6 is 0 Å². The van der Waals surface area contributed by atoms with Crippen molar-refractivity contribution in [2.75, 3.05) is 5.73 Å². The third kappa shape index (κ3) is 2.31. The van der Waals surface area contributed by atoms with Gasteiger partial charge in [-0.25, -0.2) is 0 Å². The van der Waals surface area contributed by atoms with Gasteiger partial charge < -0.3 is 14.9 Å². The zero-order valence-corrected chi connectivity index (χ0v) is 9.18. The predicted octanol–water partition coefficient (Wildman–Crippen LogP) is 2.11. The molecule has 0 saturated carbocycles. The Kier molecular flexibility index (Phi) is 2.76. The Balaban J connectivity index is 2.28. The maximum absolute atomic E-state index is 5.56. The topological polar surface area (TPSA) is 74.2 Å². The number of ether oxygens (including phenoxy) is 1. The number of benzene rings is 1. The molecule has 84 valence electrons. The Labute approximate surface area is 93.2 Å². The fraction of sp³-hybridized carbons (Fsp3) is 0.273. The Bertz CT molecular complexity index is 480. The van der Waals surface area contributed by atoms with E-state index in [9.17, 15) is 0 Å². The van der Waals surface area contributed by atoms with Gasteiger partial charge in [0.2, 0.25) is 5.89 Å². The van der Waals surface area contributed by atoms with Crippen molar-refractivity contribution < 1.29 is 9.15 Å². The van der Waals surface area contributed by atoms with Crippen LogP contribution < -0.4 is 10.5 Å². The zero-order chi connectivity index (χ0) is 11.5. The SMILES string of the molecule is CC(C)Oc1cccc(-c2nnc(N)o2)c1. The smallest absolute Gasteiger partial charge is 0.313 e. The van der Waals surface area contributed by atoms with Gasteiger partial charge in [-0.1, -0.05) is 11.2 Å². The Morgan fingerprint density at radius 3 is 2.75 bits per heavy atom. The van der Waals surface area contributed by atoms with E-state index in [1.54, 1.807) is 0 Å². The maximum atomic E-state index is 5.56. The average Bonchev–Trinajstić information content (AvgIpc) is 2.64. The molecule has 0 aliphatic carbocycles. The molecule has 2 N–H and O–H groups in total. The molecule has 2 rings (SSSR count). The lowest BCUT2D eigenvalue weighted by Crippen LogP contribution is -2.05. The van der Waals surface area contributed by atoms with Gasteiger partial charge >= 0.3 is 6.01 Å². The number of hydrogen-bond donors (Lipinski definition) is 1. The van der Waals surface area contributed by atoms with E-state index in [1.165, 1.54) is 0 Å². The highest BCUT2D eigenvalue weighted by molar-refractivity contribution is 5.55. The summed E-state index contributed by atoms with van der Waals surface area (Å²) in [4.78, 5) is 0. The van der Waals surface area contributed by atoms with Crippen LogP contribution in [0.4, 0.5) is 6.01 Å². The molecule has 0 unspecified atom stereocenters. The number of anilines is 1. The normalized spacial score (nSPS) is 10.7. The number of nitrogen functional groups attached to an aromatic ring is 1. The summed E-state index contributed by atoms with van der Waals surface area (Å²) < 4.78 is 10.7. The molecule has 2 aromatic rings. The maximum Gasteiger partial charge on any atom is 0.313 e. The van der Waals surface area contributed by atoms with Crippen LogP contribution in [0.15, 0.2) is 28.7 Å². The van der Waals surface area contributed by atoms with Gasteiger partial charge in [0, 0.05) is 5.56 Å². The molecular formula is C11H13N3O2. The molecular weight excluding hydrogens is 206 g/mol. The molecule has 0 saturated heterocycles. The highest BCUT2D eigenvalue weighted by Gasteiger charge is 2.07. The van der Waals surface area contributed by atoms with Crippen molar-refractivity contribution in [3.05, 3.63) is 24.3 Å². The Morgan fingerprint density at radius 1 is 1.31 bits per heavy atom. The van der Waals surface area contributed by atoms with Gasteiger partial charge in [-0.15, -0.1) is 5.10 Å². The second kappa shape index (κ2) is 4.22. The van der Waals surface area contributed by atoms with Crippen LogP contribution in [0.1, 0.15) is 13.8 Å². The van der Waals surface area contributed by atoms with Crippen LogP contribution in [-0.4, -0.2) is 16.3 Å². The Morgan fingerprint density at radius 2 is 2.12 bits per heavy atom. The third-order valence-corrected chi connectivity index (χ3v) is 1.89. The van der Waals surface area contributed by atoms with E-state index in [4.69, 9.17) is 14.9 Å². The third-order valence-electron chi connectivity index (χ3n) is 1.89. The molecule has 0 radical (unpaired) electrons. The number of aromatic nitrogens is 2. The van der Waals surface area contributed by atoms with Gasteiger partial charge in [0.1, 0.15) is 5.75 Å². The molecule has 1 heterocycles. The van der Waals surface area contributed by atoms with Crippen LogP contribution in [0.5, 0.6) is 5.75 Å². The van der Waals surface area contributed by atoms with E-state index in [2.05, 4.69) is 10.2 Å². The minimum atomic E-state index is 0.0604. The van der Waals surface area contributed by atoms with E-state index in [-0.39, 0.29) is 12.1 Å². The average molecular weight is 219 g/mol. The molecule has 0 aliphatic heterocycles. The first kappa shape index (κ1) is 10.5. The molecule has 0 bridgehead atoms. The van der Waals surface area contributed by atoms with Crippen molar-refractivity contribution in [1.29, 1.82) is 0 Å². The number of nitrogens with zero attached hydrogens (tertiary/aromatic N) is 2. The van der Waals surface area contributed by atoms with Crippen molar-refractivity contribution in [2.24, 2.45) is 0 Å². The van der Waals surface area contributed by atoms with Crippen LogP contribution in [0.2, 0.25) is 0 Å². The molecule has 0 atom stereocenters. The van der Waals surface area contributed by atoms with E-state index in [0.29, 0.717) is 5.89 Å². The Hall–Kier alpha value is -2.04. The second-order valence-electron chi connectivity index (χ2n) is 3.64. The molecule has 1 aromatic carbocycles. The summed E-state index contributed by atoms with van der Waals surface area (Å²) in [5.41, 5.74) is 6.16. The van der Waals surface area contributed by atoms with Crippen molar-refractivity contribution >= 4 is 6.01 Å². The summed E-state index contributed by atoms with van der Waals surface area (Å²) in [5.74, 6) is 1.16. The second-order valence-corrected chi connectivity index (χ2v) is 3.64. The first-order valence-electron chi connectivity index (χ1n) is 5.01. The van der Waals surface area contributed by atoms with Crippen LogP contribution in [0, 0.1) is 0 Å². The summed E-state index contributed by atoms with van der Waals surface area (Å²) >= 11 is 0. The van der Waals surface area contributed by atoms with Crippen molar-refractivity contribution in [1.82, 2.24) is 10.2 Å². The van der Waals surface area contributed by atoms with Crippen molar-refractivity contribution in [3.63, 3.8) is 0 Å². The van der Waals surface area contributed by atoms with Crippen LogP contribution in [0.25, 0.3) is 11.5 Å². The summed E-state index contributed by atoms with van der Waals surface area (Å²) in [5, 5.41) is 7.41. The standard InChI is InChI=1S/C11H13N3O2/c1-7(2)15-9-5-3-4-8(6-9)10-13-14-11(12)16-10/h3-7H,1-2H3,(H2,12,14). The number of hydrogen-bond acceptors (Lipinski definition) is 5. The van der Waals surface area contributed by atoms with E-state index in [0.717, 1.165) is 11.3 Å². The highest BCUT2D eigenvalue weighted by Crippen LogP contribution is 2.23. The quantitative estimate of drug-likeness (QED) is 0.855. The van der Waals surface area contributed by atoms with Crippen LogP contribution in [0.3, 0.4) is 0 Å². The lowest BCUT2D eigenvalue weighted by molar-refractivity contribution is 0.242. The van der Waals surface area contributed by atoms with Gasteiger partial charge in [-0.3, -0.25) is 0 Å². The lowest BCUT2D eigenvalue weighted by Gasteiger charge is -2.09. The molecule has 5 heteroatoms. The van der Waals surface area contributed by atoms with Gasteiger partial charge in [0.15, 0.2) is 0 Å². The number of nitrogens with two attached hydrogens (primary N) is 1. The van der Waals surface area contributed by atoms with Gasteiger partial charge in [-0.2, -0.15) is 0 Å². The largest absolute Gasteiger partial charge is 0.491 e. The van der Waals surface area contributed by atoms with Crippen molar-refractivity contribution in [2.45, 2.75) is 20.0 Å². The molecule has 0 spiro atoms. The fourth-order valence-electron chi connectivity index (χ4n) is 1.33. The minimum absolute atomic E-state index is 0.0604. The predicted molar refractivity (Wildman–Crippen MR) is 59.9 cm³/mol. The van der Waals surface area contributed by atoms with Crippen molar-refractivity contribution in [3.8, 4) is 17.2 Å². The summed E-state index contributed by atoms with van der Waals surface area (Å²) in [6.07, 6.45) is 0.128. The minimum Gasteiger partial charge on any atom is -0.491 e. The van der Waals surface area contributed by atoms with Crippen LogP contribution in [-0.2, 0) is 0 Å². The monoisotopic (exact) mass is 219 g/mol. The van der Waals surface area contributed by atoms with Gasteiger partial charge in [-0.05, 0) is 32.0 Å². The first-order chi connectivity index (χ1) is 7.65. The fourth-order valence-corrected chi connectivity index (χ4v) is 1.33. The van der Waals surface area contributed by atoms with Gasteiger partial charge in [0.25, 0.3) is 0 Å². The number of rotatable bonds is 3. The van der Waals surface area contributed by atoms with E-state index >= 15 is 0 Å². The van der Waals surface area contributed by atoms with Gasteiger partial charge in [0.05, 0.1) is 6.10 Å². The molecule has 0 amide bonds. The molecule has 0 aliphatic rings. The highest BCUT2D eigenvalue weighted by atomic mass is 16.5. The lowest BCUT2D eigenvalue weighted by atomic mass is 10.2. The summed E-state index contributed by atoms with van der Waals surface area (Å²) in [6, 6.07) is 7.51. The zero-order valence-electron chi connectivity index (χ0n) is 9.18. The summed E-state index contributed by atoms with van der Waals surface area (Å²) in [7, 11) is 0. The van der Waals surface area contributed by atoms with E-state index < -0.39 is 0 Å². The molecule has 1 aromatic heterocycles. The first-order valence-corrected chi connectivity index (χ1v) is 5.01. The van der Waals surface area contributed by atoms with E-state index in [1.807, 2.05) is 38.1 Å². The summed E-state index contributed by atoms with van der Waals surface area (Å²) in [6.45, 7) is 3.94. The molecule has 16 heavy (non-hydrogen) atoms. The molecule has 5 nitrogen and oxygen atoms in total.